The van der Waals surface area contributed by atoms with E-state index in [0.29, 0.717) is 12.8 Å². The fourth-order valence-electron chi connectivity index (χ4n) is 0.882. The summed E-state index contributed by atoms with van der Waals surface area (Å²) in [5.41, 5.74) is 0. The summed E-state index contributed by atoms with van der Waals surface area (Å²) in [5.74, 6) is -0.146. The van der Waals surface area contributed by atoms with Gasteiger partial charge in [-0.05, 0) is 13.3 Å². The molecule has 96 valence electrons. The first-order chi connectivity index (χ1) is 7.56. The molecular weight excluding hydrogens is 210 g/mol. The summed E-state index contributed by atoms with van der Waals surface area (Å²) in [5, 5.41) is 19.8. The Morgan fingerprint density at radius 1 is 1.25 bits per heavy atom. The molecule has 0 spiro atoms. The normalized spacial score (nSPS) is 11.1. The zero-order valence-electron chi connectivity index (χ0n) is 10.3. The van der Waals surface area contributed by atoms with E-state index in [4.69, 9.17) is 10.2 Å². The van der Waals surface area contributed by atoms with Crippen molar-refractivity contribution < 1.29 is 19.8 Å². The van der Waals surface area contributed by atoms with Gasteiger partial charge < -0.3 is 20.3 Å². The third kappa shape index (κ3) is 13.1. The maximum atomic E-state index is 11.0. The Balaban J connectivity index is 0. The van der Waals surface area contributed by atoms with Gasteiger partial charge >= 0.3 is 0 Å². The summed E-state index contributed by atoms with van der Waals surface area (Å²) in [6.07, 6.45) is 0.288. The fourth-order valence-corrected chi connectivity index (χ4v) is 0.882. The summed E-state index contributed by atoms with van der Waals surface area (Å²) < 4.78 is 0. The SMILES string of the molecule is CC.CC(=O)CCCC(=O)NCC(O)CO. The molecule has 0 radical (unpaired) electrons. The van der Waals surface area contributed by atoms with E-state index in [1.807, 2.05) is 13.8 Å². The third-order valence-electron chi connectivity index (χ3n) is 1.68. The molecule has 0 heterocycles. The molecule has 16 heavy (non-hydrogen) atoms. The van der Waals surface area contributed by atoms with Crippen LogP contribution >= 0.6 is 0 Å². The lowest BCUT2D eigenvalue weighted by atomic mass is 10.2. The van der Waals surface area contributed by atoms with Crippen molar-refractivity contribution in [2.45, 2.75) is 46.1 Å². The van der Waals surface area contributed by atoms with Crippen molar-refractivity contribution in [2.75, 3.05) is 13.2 Å². The first kappa shape index (κ1) is 17.5. The highest BCUT2D eigenvalue weighted by Gasteiger charge is 2.05. The smallest absolute Gasteiger partial charge is 0.220 e. The molecule has 0 saturated carbocycles. The molecule has 0 aliphatic rings. The summed E-state index contributed by atoms with van der Waals surface area (Å²) >= 11 is 0. The number of rotatable bonds is 7. The molecule has 5 heteroatoms. The van der Waals surface area contributed by atoms with Crippen molar-refractivity contribution >= 4 is 11.7 Å². The van der Waals surface area contributed by atoms with Crippen LogP contribution in [0.3, 0.4) is 0 Å². The van der Waals surface area contributed by atoms with Gasteiger partial charge in [-0.1, -0.05) is 13.8 Å². The quantitative estimate of drug-likeness (QED) is 0.588. The van der Waals surface area contributed by atoms with Crippen molar-refractivity contribution in [2.24, 2.45) is 0 Å². The Labute approximate surface area is 96.9 Å². The number of amides is 1. The zero-order chi connectivity index (χ0) is 13.0. The Morgan fingerprint density at radius 3 is 2.25 bits per heavy atom. The van der Waals surface area contributed by atoms with Crippen molar-refractivity contribution in [3.63, 3.8) is 0 Å². The van der Waals surface area contributed by atoms with Crippen LogP contribution in [0.5, 0.6) is 0 Å². The highest BCUT2D eigenvalue weighted by molar-refractivity contribution is 5.78. The van der Waals surface area contributed by atoms with Crippen LogP contribution < -0.4 is 5.32 Å². The highest BCUT2D eigenvalue weighted by atomic mass is 16.3. The zero-order valence-corrected chi connectivity index (χ0v) is 10.3. The van der Waals surface area contributed by atoms with Crippen molar-refractivity contribution in [3.8, 4) is 0 Å². The molecule has 0 fully saturated rings. The minimum absolute atomic E-state index is 0.0510. The molecule has 0 aromatic heterocycles. The van der Waals surface area contributed by atoms with E-state index in [-0.39, 0.29) is 31.3 Å². The summed E-state index contributed by atoms with van der Waals surface area (Å²) in [6.45, 7) is 5.16. The molecule has 5 nitrogen and oxygen atoms in total. The van der Waals surface area contributed by atoms with Gasteiger partial charge in [0.25, 0.3) is 0 Å². The lowest BCUT2D eigenvalue weighted by Crippen LogP contribution is -2.33. The van der Waals surface area contributed by atoms with Crippen molar-refractivity contribution in [1.29, 1.82) is 0 Å². The van der Waals surface area contributed by atoms with Gasteiger partial charge in [0.2, 0.25) is 5.91 Å². The second kappa shape index (κ2) is 12.1. The van der Waals surface area contributed by atoms with Crippen LogP contribution in [-0.4, -0.2) is 41.2 Å². The maximum Gasteiger partial charge on any atom is 0.220 e. The average molecular weight is 233 g/mol. The van der Waals surface area contributed by atoms with Gasteiger partial charge in [0.15, 0.2) is 0 Å². The van der Waals surface area contributed by atoms with Gasteiger partial charge in [-0.3, -0.25) is 4.79 Å². The number of ketones is 1. The molecular formula is C11H23NO4. The van der Waals surface area contributed by atoms with Crippen LogP contribution in [0.4, 0.5) is 0 Å². The Hall–Kier alpha value is -0.940. The van der Waals surface area contributed by atoms with Crippen LogP contribution in [0.1, 0.15) is 40.0 Å². The van der Waals surface area contributed by atoms with Gasteiger partial charge in [-0.15, -0.1) is 0 Å². The summed E-state index contributed by atoms with van der Waals surface area (Å²) in [6, 6.07) is 0. The molecule has 0 aromatic rings. The molecule has 0 saturated heterocycles. The number of carbonyl (C=O) groups excluding carboxylic acids is 2. The number of hydrogen-bond donors (Lipinski definition) is 3. The molecule has 1 amide bonds. The molecule has 0 aromatic carbocycles. The summed E-state index contributed by atoms with van der Waals surface area (Å²) in [7, 11) is 0. The van der Waals surface area contributed by atoms with E-state index in [2.05, 4.69) is 5.32 Å². The number of aliphatic hydroxyl groups is 2. The lowest BCUT2D eigenvalue weighted by Gasteiger charge is -2.08. The number of Topliss-reactive ketones (excluding diaryl/α,β-unsaturated/α-hetero) is 1. The standard InChI is InChI=1S/C9H17NO4.C2H6/c1-7(12)3-2-4-9(14)10-5-8(13)6-11;1-2/h8,11,13H,2-6H2,1H3,(H,10,14);1-2H3. The molecule has 1 atom stereocenters. The number of hydrogen-bond acceptors (Lipinski definition) is 4. The van der Waals surface area contributed by atoms with Gasteiger partial charge in [-0.25, -0.2) is 0 Å². The molecule has 0 rings (SSSR count). The molecule has 0 aliphatic carbocycles. The van der Waals surface area contributed by atoms with E-state index in [1.54, 1.807) is 0 Å². The van der Waals surface area contributed by atoms with E-state index in [1.165, 1.54) is 6.92 Å². The number of nitrogens with one attached hydrogen (secondary N) is 1. The second-order valence-corrected chi connectivity index (χ2v) is 3.20. The number of aliphatic hydroxyl groups excluding tert-OH is 2. The predicted molar refractivity (Wildman–Crippen MR) is 62.0 cm³/mol. The minimum atomic E-state index is -0.910. The molecule has 1 unspecified atom stereocenters. The Morgan fingerprint density at radius 2 is 1.81 bits per heavy atom. The van der Waals surface area contributed by atoms with E-state index < -0.39 is 6.10 Å². The highest BCUT2D eigenvalue weighted by Crippen LogP contribution is 1.95. The van der Waals surface area contributed by atoms with Crippen molar-refractivity contribution in [1.82, 2.24) is 5.32 Å². The maximum absolute atomic E-state index is 11.0. The average Bonchev–Trinajstić information content (AvgIpc) is 2.28. The van der Waals surface area contributed by atoms with Crippen LogP contribution in [0.2, 0.25) is 0 Å². The number of carbonyl (C=O) groups is 2. The van der Waals surface area contributed by atoms with Crippen LogP contribution in [0.25, 0.3) is 0 Å². The molecule has 0 bridgehead atoms. The first-order valence-electron chi connectivity index (χ1n) is 5.61. The van der Waals surface area contributed by atoms with Crippen molar-refractivity contribution in [3.05, 3.63) is 0 Å². The third-order valence-corrected chi connectivity index (χ3v) is 1.68. The van der Waals surface area contributed by atoms with Crippen LogP contribution in [-0.2, 0) is 9.59 Å². The van der Waals surface area contributed by atoms with E-state index in [9.17, 15) is 9.59 Å². The van der Waals surface area contributed by atoms with E-state index in [0.717, 1.165) is 0 Å². The Bertz CT molecular complexity index is 194. The minimum Gasteiger partial charge on any atom is -0.394 e. The molecule has 0 aliphatic heterocycles. The Kier molecular flexibility index (Phi) is 13.2. The predicted octanol–water partition coefficient (Wildman–Crippen LogP) is 0.241. The topological polar surface area (TPSA) is 86.6 Å². The monoisotopic (exact) mass is 233 g/mol. The largest absolute Gasteiger partial charge is 0.394 e. The second-order valence-electron chi connectivity index (χ2n) is 3.20. The first-order valence-corrected chi connectivity index (χ1v) is 5.61. The molecule has 3 N–H and O–H groups in total. The van der Waals surface area contributed by atoms with E-state index >= 15 is 0 Å². The van der Waals surface area contributed by atoms with Gasteiger partial charge in [-0.2, -0.15) is 0 Å². The van der Waals surface area contributed by atoms with Crippen LogP contribution in [0.15, 0.2) is 0 Å². The van der Waals surface area contributed by atoms with Crippen LogP contribution in [0, 0.1) is 0 Å². The van der Waals surface area contributed by atoms with Gasteiger partial charge in [0.05, 0.1) is 12.7 Å². The van der Waals surface area contributed by atoms with Gasteiger partial charge in [0, 0.05) is 19.4 Å². The lowest BCUT2D eigenvalue weighted by molar-refractivity contribution is -0.122. The van der Waals surface area contributed by atoms with Gasteiger partial charge in [0.1, 0.15) is 5.78 Å². The fraction of sp³-hybridized carbons (Fsp3) is 0.818. The summed E-state index contributed by atoms with van der Waals surface area (Å²) in [4.78, 5) is 21.6.